The van der Waals surface area contributed by atoms with Crippen LogP contribution in [0.1, 0.15) is 23.6 Å². The van der Waals surface area contributed by atoms with Crippen molar-refractivity contribution in [2.24, 2.45) is 0 Å². The zero-order valence-corrected chi connectivity index (χ0v) is 12.4. The van der Waals surface area contributed by atoms with Crippen molar-refractivity contribution in [2.75, 3.05) is 19.0 Å². The summed E-state index contributed by atoms with van der Waals surface area (Å²) in [7, 11) is 1.66. The molecular weight excluding hydrogens is 276 g/mol. The Morgan fingerprint density at radius 1 is 1.14 bits per heavy atom. The lowest BCUT2D eigenvalue weighted by Gasteiger charge is -2.29. The number of ether oxygens (including phenoxy) is 1. The van der Waals surface area contributed by atoms with Crippen LogP contribution in [0.4, 0.5) is 5.69 Å². The number of hydrogen-bond donors (Lipinski definition) is 2. The van der Waals surface area contributed by atoms with Gasteiger partial charge in [0.2, 0.25) is 5.91 Å². The Labute approximate surface area is 129 Å². The van der Waals surface area contributed by atoms with Gasteiger partial charge in [-0.25, -0.2) is 0 Å². The van der Waals surface area contributed by atoms with Crippen molar-refractivity contribution in [3.63, 3.8) is 0 Å². The van der Waals surface area contributed by atoms with E-state index in [1.807, 2.05) is 42.5 Å². The predicted molar refractivity (Wildman–Crippen MR) is 85.1 cm³/mol. The molecule has 4 rings (SSSR count). The molecule has 2 aromatic rings. The summed E-state index contributed by atoms with van der Waals surface area (Å²) in [5.41, 5.74) is 2.65. The predicted octanol–water partition coefficient (Wildman–Crippen LogP) is 2.62. The first-order valence-electron chi connectivity index (χ1n) is 7.54. The minimum absolute atomic E-state index is 0.0120. The maximum atomic E-state index is 12.8. The van der Waals surface area contributed by atoms with E-state index in [0.29, 0.717) is 0 Å². The van der Waals surface area contributed by atoms with Crippen molar-refractivity contribution >= 4 is 11.6 Å². The molecule has 2 aliphatic rings. The van der Waals surface area contributed by atoms with E-state index in [1.165, 1.54) is 0 Å². The first-order valence-corrected chi connectivity index (χ1v) is 7.54. The number of benzene rings is 2. The first kappa shape index (κ1) is 13.3. The molecular formula is C18H18N2O2. The van der Waals surface area contributed by atoms with Gasteiger partial charge >= 0.3 is 0 Å². The first-order chi connectivity index (χ1) is 10.8. The smallest absolute Gasteiger partial charge is 0.237 e. The second kappa shape index (κ2) is 4.85. The minimum Gasteiger partial charge on any atom is -0.497 e. The van der Waals surface area contributed by atoms with Gasteiger partial charge in [0, 0.05) is 5.69 Å². The lowest BCUT2D eigenvalue weighted by molar-refractivity contribution is -0.121. The zero-order chi connectivity index (χ0) is 15.2. The highest BCUT2D eigenvalue weighted by Gasteiger charge is 2.55. The number of anilines is 1. The lowest BCUT2D eigenvalue weighted by Crippen LogP contribution is -2.39. The number of fused-ring (bicyclic) bond motifs is 2. The third-order valence-corrected chi connectivity index (χ3v) is 4.87. The summed E-state index contributed by atoms with van der Waals surface area (Å²) in [6, 6.07) is 16.0. The van der Waals surface area contributed by atoms with Crippen LogP contribution in [0.3, 0.4) is 0 Å². The van der Waals surface area contributed by atoms with Crippen molar-refractivity contribution in [3.05, 3.63) is 59.7 Å². The number of rotatable bonds is 2. The number of nitrogens with one attached hydrogen (secondary N) is 2. The second-order valence-electron chi connectivity index (χ2n) is 5.88. The number of methoxy groups -OCH3 is 1. The quantitative estimate of drug-likeness (QED) is 0.895. The number of carbonyl (C=O) groups is 1. The molecule has 2 atom stereocenters. The highest BCUT2D eigenvalue weighted by Crippen LogP contribution is 2.50. The third kappa shape index (κ3) is 1.70. The molecule has 4 nitrogen and oxygen atoms in total. The SMILES string of the molecule is COc1ccc([C@H]2NCC[C@@]23C(=O)Nc2ccccc23)cc1. The van der Waals surface area contributed by atoms with Gasteiger partial charge < -0.3 is 15.4 Å². The van der Waals surface area contributed by atoms with Gasteiger partial charge in [0.1, 0.15) is 5.75 Å². The van der Waals surface area contributed by atoms with Crippen LogP contribution in [-0.4, -0.2) is 19.6 Å². The summed E-state index contributed by atoms with van der Waals surface area (Å²) in [5, 5.41) is 6.56. The molecule has 0 saturated carbocycles. The second-order valence-corrected chi connectivity index (χ2v) is 5.88. The molecule has 4 heteroatoms. The van der Waals surface area contributed by atoms with Gasteiger partial charge in [-0.15, -0.1) is 0 Å². The van der Waals surface area contributed by atoms with Gasteiger partial charge in [-0.2, -0.15) is 0 Å². The van der Waals surface area contributed by atoms with E-state index in [0.717, 1.165) is 35.5 Å². The van der Waals surface area contributed by atoms with Crippen LogP contribution >= 0.6 is 0 Å². The van der Waals surface area contributed by atoms with Crippen LogP contribution < -0.4 is 15.4 Å². The van der Waals surface area contributed by atoms with Crippen molar-refractivity contribution in [3.8, 4) is 5.75 Å². The summed E-state index contributed by atoms with van der Waals surface area (Å²) in [6.45, 7) is 0.832. The number of hydrogen-bond acceptors (Lipinski definition) is 3. The number of amides is 1. The van der Waals surface area contributed by atoms with Crippen molar-refractivity contribution < 1.29 is 9.53 Å². The van der Waals surface area contributed by atoms with E-state index in [9.17, 15) is 4.79 Å². The molecule has 1 fully saturated rings. The standard InChI is InChI=1S/C18H18N2O2/c1-22-13-8-6-12(7-9-13)16-18(10-11-19-16)14-4-2-3-5-15(14)20-17(18)21/h2-9,16,19H,10-11H2,1H3,(H,20,21)/t16-,18+/m1/s1. The van der Waals surface area contributed by atoms with Crippen LogP contribution in [0.25, 0.3) is 0 Å². The van der Waals surface area contributed by atoms with E-state index in [2.05, 4.69) is 16.7 Å². The maximum absolute atomic E-state index is 12.8. The molecule has 112 valence electrons. The van der Waals surface area contributed by atoms with E-state index < -0.39 is 5.41 Å². The summed E-state index contributed by atoms with van der Waals surface area (Å²) >= 11 is 0. The topological polar surface area (TPSA) is 50.4 Å². The average molecular weight is 294 g/mol. The van der Waals surface area contributed by atoms with Crippen LogP contribution in [-0.2, 0) is 10.2 Å². The molecule has 0 radical (unpaired) electrons. The number of carbonyl (C=O) groups excluding carboxylic acids is 1. The molecule has 2 heterocycles. The van der Waals surface area contributed by atoms with E-state index >= 15 is 0 Å². The van der Waals surface area contributed by atoms with Gasteiger partial charge in [0.05, 0.1) is 18.6 Å². The molecule has 0 unspecified atom stereocenters. The summed E-state index contributed by atoms with van der Waals surface area (Å²) < 4.78 is 5.23. The molecule has 1 saturated heterocycles. The van der Waals surface area contributed by atoms with E-state index in [-0.39, 0.29) is 11.9 Å². The third-order valence-electron chi connectivity index (χ3n) is 4.87. The highest BCUT2D eigenvalue weighted by molar-refractivity contribution is 6.07. The maximum Gasteiger partial charge on any atom is 0.237 e. The Balaban J connectivity index is 1.81. The molecule has 2 N–H and O–H groups in total. The summed E-state index contributed by atoms with van der Waals surface area (Å²) in [6.07, 6.45) is 0.812. The van der Waals surface area contributed by atoms with Crippen molar-refractivity contribution in [1.29, 1.82) is 0 Å². The summed E-state index contributed by atoms with van der Waals surface area (Å²) in [5.74, 6) is 0.923. The number of para-hydroxylation sites is 1. The molecule has 1 spiro atoms. The normalized spacial score (nSPS) is 26.0. The van der Waals surface area contributed by atoms with Gasteiger partial charge in [-0.1, -0.05) is 30.3 Å². The van der Waals surface area contributed by atoms with Crippen LogP contribution in [0.2, 0.25) is 0 Å². The Morgan fingerprint density at radius 2 is 1.91 bits per heavy atom. The van der Waals surface area contributed by atoms with Crippen LogP contribution in [0, 0.1) is 0 Å². The molecule has 0 aromatic heterocycles. The molecule has 0 aliphatic carbocycles. The van der Waals surface area contributed by atoms with E-state index in [1.54, 1.807) is 7.11 Å². The fraction of sp³-hybridized carbons (Fsp3) is 0.278. The van der Waals surface area contributed by atoms with Crippen LogP contribution in [0.15, 0.2) is 48.5 Å². The van der Waals surface area contributed by atoms with E-state index in [4.69, 9.17) is 4.74 Å². The Morgan fingerprint density at radius 3 is 2.68 bits per heavy atom. The average Bonchev–Trinajstić information content (AvgIpc) is 3.12. The Hall–Kier alpha value is -2.33. The molecule has 2 aliphatic heterocycles. The highest BCUT2D eigenvalue weighted by atomic mass is 16.5. The largest absolute Gasteiger partial charge is 0.497 e. The Bertz CT molecular complexity index is 726. The van der Waals surface area contributed by atoms with Gasteiger partial charge in [-0.3, -0.25) is 4.79 Å². The monoisotopic (exact) mass is 294 g/mol. The van der Waals surface area contributed by atoms with Crippen molar-refractivity contribution in [1.82, 2.24) is 5.32 Å². The van der Waals surface area contributed by atoms with Gasteiger partial charge in [-0.05, 0) is 42.3 Å². The molecule has 2 aromatic carbocycles. The molecule has 1 amide bonds. The lowest BCUT2D eigenvalue weighted by atomic mass is 9.73. The molecule has 0 bridgehead atoms. The minimum atomic E-state index is -0.509. The van der Waals surface area contributed by atoms with Crippen LogP contribution in [0.5, 0.6) is 5.75 Å². The zero-order valence-electron chi connectivity index (χ0n) is 12.4. The van der Waals surface area contributed by atoms with Gasteiger partial charge in [0.25, 0.3) is 0 Å². The van der Waals surface area contributed by atoms with Crippen molar-refractivity contribution in [2.45, 2.75) is 17.9 Å². The van der Waals surface area contributed by atoms with Gasteiger partial charge in [0.15, 0.2) is 0 Å². The fourth-order valence-corrected chi connectivity index (χ4v) is 3.80. The fourth-order valence-electron chi connectivity index (χ4n) is 3.80. The summed E-state index contributed by atoms with van der Waals surface area (Å²) in [4.78, 5) is 12.8. The Kier molecular flexibility index (Phi) is 2.94. The molecule has 22 heavy (non-hydrogen) atoms.